The average molecular weight is 495 g/mol. The van der Waals surface area contributed by atoms with E-state index in [0.29, 0.717) is 44.0 Å². The van der Waals surface area contributed by atoms with Crippen LogP contribution in [0.3, 0.4) is 0 Å². The fourth-order valence-corrected chi connectivity index (χ4v) is 4.99. The molecule has 0 unspecified atom stereocenters. The van der Waals surface area contributed by atoms with E-state index in [1.54, 1.807) is 37.0 Å². The van der Waals surface area contributed by atoms with Gasteiger partial charge in [-0.2, -0.15) is 0 Å². The van der Waals surface area contributed by atoms with Crippen molar-refractivity contribution in [3.05, 3.63) is 47.2 Å². The lowest BCUT2D eigenvalue weighted by molar-refractivity contribution is 0.122. The Balaban J connectivity index is 1.47. The summed E-state index contributed by atoms with van der Waals surface area (Å²) in [7, 11) is 3.55. The molecule has 182 valence electrons. The highest BCUT2D eigenvalue weighted by Crippen LogP contribution is 2.35. The molecule has 1 fully saturated rings. The third kappa shape index (κ3) is 5.15. The van der Waals surface area contributed by atoms with Gasteiger partial charge >= 0.3 is 0 Å². The average Bonchev–Trinajstić information content (AvgIpc) is 3.31. The molecule has 35 heavy (non-hydrogen) atoms. The summed E-state index contributed by atoms with van der Waals surface area (Å²) in [5.74, 6) is 2.70. The van der Waals surface area contributed by atoms with Crippen LogP contribution in [0.4, 0.5) is 11.8 Å². The Morgan fingerprint density at radius 2 is 1.94 bits per heavy atom. The minimum atomic E-state index is 0.301. The summed E-state index contributed by atoms with van der Waals surface area (Å²) in [6.45, 7) is 3.83. The lowest BCUT2D eigenvalue weighted by Gasteiger charge is -2.28. The SMILES string of the molecule is COc1ccc(-c2nc(N3CCOCC3)c3sc(CN(C)c4ncc(CNO)cn4)cc3n2)cn1. The quantitative estimate of drug-likeness (QED) is 0.351. The molecule has 1 aliphatic heterocycles. The number of rotatable bonds is 8. The van der Waals surface area contributed by atoms with E-state index in [0.717, 1.165) is 45.1 Å². The summed E-state index contributed by atoms with van der Waals surface area (Å²) in [5, 5.41) is 8.85. The number of hydroxylamine groups is 1. The van der Waals surface area contributed by atoms with E-state index in [2.05, 4.69) is 31.4 Å². The molecule has 0 aliphatic carbocycles. The van der Waals surface area contributed by atoms with E-state index in [-0.39, 0.29) is 0 Å². The summed E-state index contributed by atoms with van der Waals surface area (Å²) >= 11 is 1.68. The number of methoxy groups -OCH3 is 1. The molecule has 1 saturated heterocycles. The Morgan fingerprint density at radius 3 is 2.63 bits per heavy atom. The highest BCUT2D eigenvalue weighted by molar-refractivity contribution is 7.19. The van der Waals surface area contributed by atoms with Gasteiger partial charge in [0.2, 0.25) is 11.8 Å². The van der Waals surface area contributed by atoms with Crippen LogP contribution < -0.4 is 20.0 Å². The third-order valence-corrected chi connectivity index (χ3v) is 6.73. The highest BCUT2D eigenvalue weighted by atomic mass is 32.1. The van der Waals surface area contributed by atoms with Crippen molar-refractivity contribution < 1.29 is 14.7 Å². The zero-order chi connectivity index (χ0) is 24.2. The highest BCUT2D eigenvalue weighted by Gasteiger charge is 2.21. The number of hydrogen-bond donors (Lipinski definition) is 2. The van der Waals surface area contributed by atoms with E-state index in [4.69, 9.17) is 24.6 Å². The van der Waals surface area contributed by atoms with E-state index in [9.17, 15) is 0 Å². The molecule has 1 aliphatic rings. The van der Waals surface area contributed by atoms with Gasteiger partial charge in [-0.15, -0.1) is 11.3 Å². The number of pyridine rings is 1. The molecule has 2 N–H and O–H groups in total. The number of aromatic nitrogens is 5. The first-order valence-corrected chi connectivity index (χ1v) is 12.0. The van der Waals surface area contributed by atoms with E-state index in [1.165, 1.54) is 0 Å². The zero-order valence-corrected chi connectivity index (χ0v) is 20.3. The van der Waals surface area contributed by atoms with Gasteiger partial charge in [0.25, 0.3) is 0 Å². The number of ether oxygens (including phenoxy) is 2. The van der Waals surface area contributed by atoms with E-state index in [1.807, 2.05) is 24.1 Å². The Hall–Kier alpha value is -3.45. The molecular weight excluding hydrogens is 468 g/mol. The van der Waals surface area contributed by atoms with Crippen LogP contribution in [0.15, 0.2) is 36.8 Å². The predicted octanol–water partition coefficient (Wildman–Crippen LogP) is 2.50. The monoisotopic (exact) mass is 494 g/mol. The van der Waals surface area contributed by atoms with Crippen molar-refractivity contribution in [3.63, 3.8) is 0 Å². The van der Waals surface area contributed by atoms with E-state index >= 15 is 0 Å². The molecule has 0 radical (unpaired) electrons. The maximum atomic E-state index is 8.85. The first kappa shape index (κ1) is 23.3. The van der Waals surface area contributed by atoms with Gasteiger partial charge < -0.3 is 24.5 Å². The number of morpholine rings is 1. The van der Waals surface area contributed by atoms with Crippen LogP contribution in [0.5, 0.6) is 5.88 Å². The summed E-state index contributed by atoms with van der Waals surface area (Å²) in [4.78, 5) is 28.3. The maximum Gasteiger partial charge on any atom is 0.225 e. The fraction of sp³-hybridized carbons (Fsp3) is 0.348. The van der Waals surface area contributed by atoms with Crippen molar-refractivity contribution in [2.75, 3.05) is 50.3 Å². The number of anilines is 2. The molecule has 4 aromatic heterocycles. The van der Waals surface area contributed by atoms with Crippen molar-refractivity contribution >= 4 is 33.3 Å². The van der Waals surface area contributed by atoms with Crippen LogP contribution in [-0.2, 0) is 17.8 Å². The Morgan fingerprint density at radius 1 is 1.14 bits per heavy atom. The molecule has 0 saturated carbocycles. The van der Waals surface area contributed by atoms with Gasteiger partial charge in [0, 0.05) is 67.3 Å². The number of thiophene rings is 1. The van der Waals surface area contributed by atoms with Crippen LogP contribution in [0, 0.1) is 0 Å². The number of nitrogens with one attached hydrogen (secondary N) is 1. The van der Waals surface area contributed by atoms with Crippen molar-refractivity contribution in [2.45, 2.75) is 13.1 Å². The van der Waals surface area contributed by atoms with E-state index < -0.39 is 0 Å². The van der Waals surface area contributed by atoms with Crippen molar-refractivity contribution in [3.8, 4) is 17.3 Å². The first-order chi connectivity index (χ1) is 17.1. The molecule has 0 amide bonds. The second kappa shape index (κ2) is 10.4. The molecule has 5 heterocycles. The van der Waals surface area contributed by atoms with Gasteiger partial charge in [-0.25, -0.2) is 30.4 Å². The predicted molar refractivity (Wildman–Crippen MR) is 133 cm³/mol. The molecular formula is C23H26N8O3S. The summed E-state index contributed by atoms with van der Waals surface area (Å²) in [6.07, 6.45) is 5.13. The van der Waals surface area contributed by atoms with Gasteiger partial charge in [-0.05, 0) is 12.1 Å². The van der Waals surface area contributed by atoms with Crippen LogP contribution in [-0.4, -0.2) is 70.6 Å². The third-order valence-electron chi connectivity index (χ3n) is 5.63. The summed E-state index contributed by atoms with van der Waals surface area (Å²) in [6, 6.07) is 5.84. The van der Waals surface area contributed by atoms with Crippen molar-refractivity contribution in [2.24, 2.45) is 0 Å². The Bertz CT molecular complexity index is 1280. The molecule has 0 spiro atoms. The van der Waals surface area contributed by atoms with Crippen molar-refractivity contribution in [1.29, 1.82) is 0 Å². The molecule has 5 rings (SSSR count). The molecule has 0 bridgehead atoms. The van der Waals surface area contributed by atoms with Gasteiger partial charge in [-0.3, -0.25) is 0 Å². The van der Waals surface area contributed by atoms with Crippen LogP contribution in [0.2, 0.25) is 0 Å². The minimum Gasteiger partial charge on any atom is -0.481 e. The van der Waals surface area contributed by atoms with Crippen LogP contribution >= 0.6 is 11.3 Å². The Kier molecular flexibility index (Phi) is 6.95. The largest absolute Gasteiger partial charge is 0.481 e. The summed E-state index contributed by atoms with van der Waals surface area (Å²) < 4.78 is 11.8. The second-order valence-corrected chi connectivity index (χ2v) is 9.21. The normalized spacial score (nSPS) is 13.9. The lowest BCUT2D eigenvalue weighted by atomic mass is 10.2. The standard InChI is InChI=1S/C23H26N8O3S/c1-30(23-25-10-15(11-26-23)12-27-32)14-17-9-18-20(35-17)22(31-5-7-34-8-6-31)29-21(28-18)16-3-4-19(33-2)24-13-16/h3-4,9-11,13,27,32H,5-8,12,14H2,1-2H3. The van der Waals surface area contributed by atoms with Crippen LogP contribution in [0.25, 0.3) is 21.6 Å². The molecule has 0 aromatic carbocycles. The first-order valence-electron chi connectivity index (χ1n) is 11.2. The van der Waals surface area contributed by atoms with Gasteiger partial charge in [0.15, 0.2) is 11.6 Å². The minimum absolute atomic E-state index is 0.301. The number of hydrogen-bond acceptors (Lipinski definition) is 12. The second-order valence-electron chi connectivity index (χ2n) is 8.07. The van der Waals surface area contributed by atoms with Gasteiger partial charge in [0.05, 0.1) is 37.1 Å². The molecule has 12 heteroatoms. The molecule has 11 nitrogen and oxygen atoms in total. The Labute approximate surface area is 206 Å². The number of nitrogens with zero attached hydrogens (tertiary/aromatic N) is 7. The summed E-state index contributed by atoms with van der Waals surface area (Å²) in [5.41, 5.74) is 4.64. The zero-order valence-electron chi connectivity index (χ0n) is 19.5. The number of fused-ring (bicyclic) bond motifs is 1. The van der Waals surface area contributed by atoms with Gasteiger partial charge in [-0.1, -0.05) is 0 Å². The molecule has 4 aromatic rings. The van der Waals surface area contributed by atoms with Crippen LogP contribution in [0.1, 0.15) is 10.4 Å². The topological polar surface area (TPSA) is 122 Å². The van der Waals surface area contributed by atoms with Gasteiger partial charge in [0.1, 0.15) is 0 Å². The lowest BCUT2D eigenvalue weighted by Crippen LogP contribution is -2.36. The maximum absolute atomic E-state index is 8.85. The smallest absolute Gasteiger partial charge is 0.225 e. The van der Waals surface area contributed by atoms with Crippen molar-refractivity contribution in [1.82, 2.24) is 30.4 Å². The fourth-order valence-electron chi connectivity index (χ4n) is 3.83. The molecule has 0 atom stereocenters.